The molecule has 0 saturated carbocycles. The second-order valence-electron chi connectivity index (χ2n) is 4.41. The summed E-state index contributed by atoms with van der Waals surface area (Å²) < 4.78 is 40.4. The second-order valence-corrected chi connectivity index (χ2v) is 7.68. The number of hydrogen-bond donors (Lipinski definition) is 0. The van der Waals surface area contributed by atoms with Crippen molar-refractivity contribution in [3.05, 3.63) is 29.8 Å². The summed E-state index contributed by atoms with van der Waals surface area (Å²) in [7, 11) is -3.69. The second kappa shape index (κ2) is 5.61. The van der Waals surface area contributed by atoms with Crippen LogP contribution in [-0.4, -0.2) is 30.6 Å². The van der Waals surface area contributed by atoms with E-state index in [9.17, 15) is 13.0 Å². The largest absolute Gasteiger partial charge is 0.616 e. The Morgan fingerprint density at radius 1 is 1.22 bits per heavy atom. The first-order valence-corrected chi connectivity index (χ1v) is 8.72. The predicted octanol–water partition coefficient (Wildman–Crippen LogP) is 1.61. The highest BCUT2D eigenvalue weighted by Crippen LogP contribution is 2.21. The molecule has 1 saturated heterocycles. The van der Waals surface area contributed by atoms with Crippen molar-refractivity contribution in [2.24, 2.45) is 0 Å². The van der Waals surface area contributed by atoms with Gasteiger partial charge in [0.2, 0.25) is 0 Å². The minimum atomic E-state index is -3.69. The van der Waals surface area contributed by atoms with Crippen molar-refractivity contribution in [1.29, 1.82) is 0 Å². The molecule has 0 atom stereocenters. The molecule has 18 heavy (non-hydrogen) atoms. The zero-order valence-corrected chi connectivity index (χ0v) is 11.8. The van der Waals surface area contributed by atoms with Crippen LogP contribution in [0.25, 0.3) is 0 Å². The number of rotatable bonds is 3. The van der Waals surface area contributed by atoms with E-state index >= 15 is 0 Å². The first-order chi connectivity index (χ1) is 8.47. The summed E-state index contributed by atoms with van der Waals surface area (Å²) in [5.74, 6) is 1.04. The van der Waals surface area contributed by atoms with Gasteiger partial charge < -0.3 is 4.55 Å². The van der Waals surface area contributed by atoms with Crippen LogP contribution in [0.4, 0.5) is 0 Å². The molecule has 0 aromatic heterocycles. The van der Waals surface area contributed by atoms with Crippen LogP contribution in [0.15, 0.2) is 29.2 Å². The summed E-state index contributed by atoms with van der Waals surface area (Å²) in [6.45, 7) is 1.90. The Bertz CT molecular complexity index is 487. The van der Waals surface area contributed by atoms with Gasteiger partial charge in [0.25, 0.3) is 10.1 Å². The fourth-order valence-electron chi connectivity index (χ4n) is 1.81. The summed E-state index contributed by atoms with van der Waals surface area (Å²) in [4.78, 5) is 0.180. The molecule has 0 spiro atoms. The van der Waals surface area contributed by atoms with Crippen molar-refractivity contribution < 1.29 is 17.2 Å². The highest BCUT2D eigenvalue weighted by Gasteiger charge is 2.27. The summed E-state index contributed by atoms with van der Waals surface area (Å²) in [5, 5.41) is 0. The molecule has 0 N–H and O–H groups in total. The standard InChI is InChI=1S/C12H16O4S2/c1-10-2-4-12(5-3-10)18(14,15)16-11-6-8-17(13)9-7-11/h2-5,11H,6-9H2,1H3/t11-,17+. The molecular formula is C12H16O4S2. The lowest BCUT2D eigenvalue weighted by Crippen LogP contribution is -2.30. The average Bonchev–Trinajstić information content (AvgIpc) is 2.32. The lowest BCUT2D eigenvalue weighted by molar-refractivity contribution is 0.197. The van der Waals surface area contributed by atoms with Gasteiger partial charge >= 0.3 is 0 Å². The molecule has 2 rings (SSSR count). The molecular weight excluding hydrogens is 272 g/mol. The highest BCUT2D eigenvalue weighted by molar-refractivity contribution is 7.91. The maximum atomic E-state index is 12.0. The van der Waals surface area contributed by atoms with Crippen molar-refractivity contribution >= 4 is 21.3 Å². The summed E-state index contributed by atoms with van der Waals surface area (Å²) in [6.07, 6.45) is 0.740. The minimum Gasteiger partial charge on any atom is -0.616 e. The normalized spacial score (nSPS) is 25.0. The van der Waals surface area contributed by atoms with E-state index in [1.165, 1.54) is 0 Å². The maximum Gasteiger partial charge on any atom is 0.297 e. The third-order valence-electron chi connectivity index (χ3n) is 2.91. The smallest absolute Gasteiger partial charge is 0.297 e. The van der Waals surface area contributed by atoms with E-state index < -0.39 is 21.3 Å². The Hall–Kier alpha value is -0.560. The average molecular weight is 288 g/mol. The van der Waals surface area contributed by atoms with Crippen LogP contribution in [0.3, 0.4) is 0 Å². The molecule has 100 valence electrons. The first kappa shape index (κ1) is 13.9. The molecule has 1 fully saturated rings. The summed E-state index contributed by atoms with van der Waals surface area (Å²) in [6, 6.07) is 6.58. The molecule has 1 aromatic carbocycles. The third-order valence-corrected chi connectivity index (χ3v) is 5.66. The molecule has 0 bridgehead atoms. The zero-order valence-electron chi connectivity index (χ0n) is 10.2. The van der Waals surface area contributed by atoms with Gasteiger partial charge in [0.05, 0.1) is 11.0 Å². The van der Waals surface area contributed by atoms with E-state index in [0.717, 1.165) is 5.56 Å². The summed E-state index contributed by atoms with van der Waals surface area (Å²) in [5.41, 5.74) is 1.00. The Balaban J connectivity index is 2.05. The van der Waals surface area contributed by atoms with E-state index in [-0.39, 0.29) is 11.0 Å². The molecule has 1 aliphatic rings. The van der Waals surface area contributed by atoms with Crippen LogP contribution in [0, 0.1) is 6.92 Å². The molecule has 0 amide bonds. The molecule has 4 nitrogen and oxygen atoms in total. The van der Waals surface area contributed by atoms with Crippen molar-refractivity contribution in [1.82, 2.24) is 0 Å². The first-order valence-electron chi connectivity index (χ1n) is 5.82. The quantitative estimate of drug-likeness (QED) is 0.626. The molecule has 1 heterocycles. The van der Waals surface area contributed by atoms with Gasteiger partial charge in [0.1, 0.15) is 11.5 Å². The Labute approximate surface area is 111 Å². The zero-order chi connectivity index (χ0) is 13.2. The van der Waals surface area contributed by atoms with Crippen molar-refractivity contribution in [2.75, 3.05) is 11.5 Å². The van der Waals surface area contributed by atoms with Crippen LogP contribution in [0.5, 0.6) is 0 Å². The highest BCUT2D eigenvalue weighted by atomic mass is 32.2. The topological polar surface area (TPSA) is 66.4 Å². The van der Waals surface area contributed by atoms with Crippen LogP contribution in [0.1, 0.15) is 18.4 Å². The van der Waals surface area contributed by atoms with Gasteiger partial charge in [-0.2, -0.15) is 8.42 Å². The van der Waals surface area contributed by atoms with Gasteiger partial charge in [0.15, 0.2) is 0 Å². The lowest BCUT2D eigenvalue weighted by Gasteiger charge is -2.23. The van der Waals surface area contributed by atoms with Crippen molar-refractivity contribution in [3.8, 4) is 0 Å². The van der Waals surface area contributed by atoms with Gasteiger partial charge in [-0.15, -0.1) is 0 Å². The fraction of sp³-hybridized carbons (Fsp3) is 0.500. The molecule has 0 aliphatic carbocycles. The van der Waals surface area contributed by atoms with E-state index in [4.69, 9.17) is 4.18 Å². The van der Waals surface area contributed by atoms with Crippen LogP contribution in [-0.2, 0) is 25.5 Å². The fourth-order valence-corrected chi connectivity index (χ4v) is 4.20. The number of aryl methyl sites for hydroxylation is 1. The van der Waals surface area contributed by atoms with E-state index in [0.29, 0.717) is 24.3 Å². The van der Waals surface area contributed by atoms with Gasteiger partial charge in [-0.1, -0.05) is 28.9 Å². The van der Waals surface area contributed by atoms with Gasteiger partial charge in [-0.25, -0.2) is 0 Å². The third kappa shape index (κ3) is 3.47. The van der Waals surface area contributed by atoms with E-state index in [1.807, 2.05) is 6.92 Å². The Morgan fingerprint density at radius 3 is 2.33 bits per heavy atom. The molecule has 6 heteroatoms. The van der Waals surface area contributed by atoms with Gasteiger partial charge in [0, 0.05) is 12.8 Å². The Kier molecular flexibility index (Phi) is 4.32. The van der Waals surface area contributed by atoms with Crippen molar-refractivity contribution in [3.63, 3.8) is 0 Å². The van der Waals surface area contributed by atoms with E-state index in [1.54, 1.807) is 24.3 Å². The van der Waals surface area contributed by atoms with Gasteiger partial charge in [-0.05, 0) is 19.1 Å². The molecule has 1 aromatic rings. The monoisotopic (exact) mass is 288 g/mol. The van der Waals surface area contributed by atoms with Crippen LogP contribution < -0.4 is 0 Å². The molecule has 0 radical (unpaired) electrons. The lowest BCUT2D eigenvalue weighted by atomic mass is 10.2. The summed E-state index contributed by atoms with van der Waals surface area (Å²) >= 11 is -0.812. The predicted molar refractivity (Wildman–Crippen MR) is 70.3 cm³/mol. The molecule has 1 aliphatic heterocycles. The van der Waals surface area contributed by atoms with Gasteiger partial charge in [-0.3, -0.25) is 4.18 Å². The maximum absolute atomic E-state index is 12.0. The molecule has 0 unspecified atom stereocenters. The minimum absolute atomic E-state index is 0.180. The Morgan fingerprint density at radius 2 is 1.78 bits per heavy atom. The number of hydrogen-bond acceptors (Lipinski definition) is 4. The SMILES string of the molecule is Cc1ccc(S(=O)(=O)O[C@H]2CC[S@@+]([O-])CC2)cc1. The van der Waals surface area contributed by atoms with E-state index in [2.05, 4.69) is 0 Å². The van der Waals surface area contributed by atoms with Crippen LogP contribution >= 0.6 is 0 Å². The van der Waals surface area contributed by atoms with Crippen molar-refractivity contribution in [2.45, 2.75) is 30.8 Å². The number of benzene rings is 1. The van der Waals surface area contributed by atoms with Crippen LogP contribution in [0.2, 0.25) is 0 Å².